The molecule has 3 nitrogen and oxygen atoms in total. The predicted molar refractivity (Wildman–Crippen MR) is 71.9 cm³/mol. The first-order chi connectivity index (χ1) is 8.22. The number of hydrogen-bond donors (Lipinski definition) is 1. The highest BCUT2D eigenvalue weighted by atomic mass is 79.9. The molecule has 0 aromatic heterocycles. The fraction of sp³-hybridized carbons (Fsp3) is 0.417. The minimum Gasteiger partial charge on any atom is -0.493 e. The van der Waals surface area contributed by atoms with Crippen molar-refractivity contribution in [3.8, 4) is 5.75 Å². The van der Waals surface area contributed by atoms with Gasteiger partial charge in [-0.3, -0.25) is 4.79 Å². The summed E-state index contributed by atoms with van der Waals surface area (Å²) in [4.78, 5) is 11.4. The zero-order valence-electron chi connectivity index (χ0n) is 9.26. The smallest absolute Gasteiger partial charge is 0.224 e. The van der Waals surface area contributed by atoms with Crippen molar-refractivity contribution in [3.63, 3.8) is 0 Å². The van der Waals surface area contributed by atoms with Gasteiger partial charge in [0.05, 0.1) is 12.3 Å². The molecule has 0 saturated heterocycles. The Morgan fingerprint density at radius 2 is 2.24 bits per heavy atom. The highest BCUT2D eigenvalue weighted by molar-refractivity contribution is 9.10. The molecule has 0 unspecified atom stereocenters. The van der Waals surface area contributed by atoms with E-state index >= 15 is 0 Å². The number of rotatable bonds is 4. The Balaban J connectivity index is 2.23. The maximum absolute atomic E-state index is 11.4. The van der Waals surface area contributed by atoms with Gasteiger partial charge in [-0.05, 0) is 40.9 Å². The fourth-order valence-corrected chi connectivity index (χ4v) is 2.38. The topological polar surface area (TPSA) is 38.3 Å². The molecular formula is C12H13BrClNO2. The lowest BCUT2D eigenvalue weighted by atomic mass is 10.0. The van der Waals surface area contributed by atoms with Crippen LogP contribution in [0.4, 0.5) is 5.69 Å². The number of alkyl halides is 1. The Morgan fingerprint density at radius 1 is 1.41 bits per heavy atom. The van der Waals surface area contributed by atoms with Gasteiger partial charge >= 0.3 is 0 Å². The fourth-order valence-electron chi connectivity index (χ4n) is 1.80. The van der Waals surface area contributed by atoms with Crippen molar-refractivity contribution in [1.82, 2.24) is 0 Å². The van der Waals surface area contributed by atoms with Gasteiger partial charge in [-0.15, -0.1) is 11.6 Å². The van der Waals surface area contributed by atoms with Gasteiger partial charge in [0.1, 0.15) is 5.75 Å². The van der Waals surface area contributed by atoms with Gasteiger partial charge in [-0.1, -0.05) is 0 Å². The van der Waals surface area contributed by atoms with Crippen LogP contribution in [-0.2, 0) is 11.2 Å². The minimum absolute atomic E-state index is 0.0520. The second-order valence-electron chi connectivity index (χ2n) is 3.84. The summed E-state index contributed by atoms with van der Waals surface area (Å²) < 4.78 is 6.57. The van der Waals surface area contributed by atoms with Crippen molar-refractivity contribution in [3.05, 3.63) is 22.2 Å². The Hall–Kier alpha value is -0.740. The van der Waals surface area contributed by atoms with E-state index in [0.29, 0.717) is 18.9 Å². The summed E-state index contributed by atoms with van der Waals surface area (Å²) in [5.74, 6) is 1.49. The molecule has 1 aromatic carbocycles. The molecule has 0 spiro atoms. The van der Waals surface area contributed by atoms with Crippen molar-refractivity contribution in [2.24, 2.45) is 0 Å². The first-order valence-corrected chi connectivity index (χ1v) is 6.85. The van der Waals surface area contributed by atoms with Gasteiger partial charge in [0, 0.05) is 22.3 Å². The second kappa shape index (κ2) is 5.74. The van der Waals surface area contributed by atoms with Gasteiger partial charge in [0.15, 0.2) is 0 Å². The molecule has 5 heteroatoms. The standard InChI is InChI=1S/C12H13BrClNO2/c13-9-3-4-10(17-7-1-6-14)8-2-5-11(16)15-12(8)9/h3-4H,1-2,5-7H2,(H,15,16). The number of nitrogens with one attached hydrogen (secondary N) is 1. The summed E-state index contributed by atoms with van der Waals surface area (Å²) in [5, 5.41) is 2.87. The van der Waals surface area contributed by atoms with Crippen molar-refractivity contribution >= 4 is 39.1 Å². The van der Waals surface area contributed by atoms with Crippen molar-refractivity contribution in [2.45, 2.75) is 19.3 Å². The van der Waals surface area contributed by atoms with Gasteiger partial charge in [-0.2, -0.15) is 0 Å². The summed E-state index contributed by atoms with van der Waals surface area (Å²) >= 11 is 9.05. The maximum Gasteiger partial charge on any atom is 0.224 e. The van der Waals surface area contributed by atoms with E-state index in [1.165, 1.54) is 0 Å². The minimum atomic E-state index is 0.0520. The molecule has 92 valence electrons. The lowest BCUT2D eigenvalue weighted by Gasteiger charge is -2.21. The van der Waals surface area contributed by atoms with Crippen molar-refractivity contribution in [1.29, 1.82) is 0 Å². The van der Waals surface area contributed by atoms with Crippen LogP contribution in [0.3, 0.4) is 0 Å². The SMILES string of the molecule is O=C1CCc2c(OCCCCl)ccc(Br)c2N1. The molecular weight excluding hydrogens is 305 g/mol. The Labute approximate surface area is 114 Å². The number of carbonyl (C=O) groups is 1. The Kier molecular flexibility index (Phi) is 4.29. The van der Waals surface area contributed by atoms with E-state index in [0.717, 1.165) is 34.3 Å². The number of fused-ring (bicyclic) bond motifs is 1. The van der Waals surface area contributed by atoms with Crippen LogP contribution >= 0.6 is 27.5 Å². The largest absolute Gasteiger partial charge is 0.493 e. The summed E-state index contributed by atoms with van der Waals surface area (Å²) in [6, 6.07) is 3.81. The van der Waals surface area contributed by atoms with Crippen molar-refractivity contribution < 1.29 is 9.53 Å². The summed E-state index contributed by atoms with van der Waals surface area (Å²) in [6.07, 6.45) is 2.05. The molecule has 1 aliphatic rings. The lowest BCUT2D eigenvalue weighted by Crippen LogP contribution is -2.20. The van der Waals surface area contributed by atoms with E-state index in [1.54, 1.807) is 0 Å². The van der Waals surface area contributed by atoms with E-state index in [1.807, 2.05) is 12.1 Å². The van der Waals surface area contributed by atoms with Crippen molar-refractivity contribution in [2.75, 3.05) is 17.8 Å². The van der Waals surface area contributed by atoms with E-state index in [2.05, 4.69) is 21.2 Å². The molecule has 0 saturated carbocycles. The van der Waals surface area contributed by atoms with Crippen LogP contribution in [0.15, 0.2) is 16.6 Å². The number of anilines is 1. The first-order valence-electron chi connectivity index (χ1n) is 5.52. The number of ether oxygens (including phenoxy) is 1. The average Bonchev–Trinajstić information content (AvgIpc) is 2.33. The zero-order valence-corrected chi connectivity index (χ0v) is 11.6. The maximum atomic E-state index is 11.4. The van der Waals surface area contributed by atoms with E-state index < -0.39 is 0 Å². The van der Waals surface area contributed by atoms with Crippen LogP contribution in [0.2, 0.25) is 0 Å². The normalized spacial score (nSPS) is 14.1. The van der Waals surface area contributed by atoms with Gasteiger partial charge in [0.2, 0.25) is 5.91 Å². The summed E-state index contributed by atoms with van der Waals surface area (Å²) in [5.41, 5.74) is 1.90. The van der Waals surface area contributed by atoms with Gasteiger partial charge < -0.3 is 10.1 Å². The highest BCUT2D eigenvalue weighted by Gasteiger charge is 2.20. The molecule has 17 heavy (non-hydrogen) atoms. The number of hydrogen-bond acceptors (Lipinski definition) is 2. The molecule has 1 heterocycles. The third-order valence-corrected chi connectivity index (χ3v) is 3.55. The number of halogens is 2. The van der Waals surface area contributed by atoms with E-state index in [9.17, 15) is 4.79 Å². The summed E-state index contributed by atoms with van der Waals surface area (Å²) in [7, 11) is 0. The lowest BCUT2D eigenvalue weighted by molar-refractivity contribution is -0.116. The van der Waals surface area contributed by atoms with Gasteiger partial charge in [0.25, 0.3) is 0 Å². The Morgan fingerprint density at radius 3 is 3.00 bits per heavy atom. The van der Waals surface area contributed by atoms with Crippen LogP contribution in [0, 0.1) is 0 Å². The summed E-state index contributed by atoms with van der Waals surface area (Å²) in [6.45, 7) is 0.603. The highest BCUT2D eigenvalue weighted by Crippen LogP contribution is 2.37. The molecule has 2 rings (SSSR count). The van der Waals surface area contributed by atoms with Crippen LogP contribution in [0.1, 0.15) is 18.4 Å². The zero-order chi connectivity index (χ0) is 12.3. The van der Waals surface area contributed by atoms with E-state index in [-0.39, 0.29) is 5.91 Å². The molecule has 1 N–H and O–H groups in total. The number of carbonyl (C=O) groups excluding carboxylic acids is 1. The molecule has 0 fully saturated rings. The number of benzene rings is 1. The van der Waals surface area contributed by atoms with Crippen LogP contribution in [0.25, 0.3) is 0 Å². The van der Waals surface area contributed by atoms with Crippen LogP contribution in [-0.4, -0.2) is 18.4 Å². The van der Waals surface area contributed by atoms with Crippen LogP contribution in [0.5, 0.6) is 5.75 Å². The van der Waals surface area contributed by atoms with Gasteiger partial charge in [-0.25, -0.2) is 0 Å². The first kappa shape index (κ1) is 12.7. The molecule has 0 atom stereocenters. The molecule has 1 aliphatic heterocycles. The quantitative estimate of drug-likeness (QED) is 0.683. The average molecular weight is 319 g/mol. The van der Waals surface area contributed by atoms with Crippen LogP contribution < -0.4 is 10.1 Å². The molecule has 1 amide bonds. The monoisotopic (exact) mass is 317 g/mol. The second-order valence-corrected chi connectivity index (χ2v) is 5.07. The third kappa shape index (κ3) is 2.93. The number of amides is 1. The molecule has 0 radical (unpaired) electrons. The molecule has 0 aliphatic carbocycles. The van der Waals surface area contributed by atoms with E-state index in [4.69, 9.17) is 16.3 Å². The predicted octanol–water partition coefficient (Wildman–Crippen LogP) is 3.34. The molecule has 0 bridgehead atoms. The molecule has 1 aromatic rings. The third-order valence-electron chi connectivity index (χ3n) is 2.62. The Bertz CT molecular complexity index is 437.